The lowest BCUT2D eigenvalue weighted by molar-refractivity contribution is 0.208. The van der Waals surface area contributed by atoms with Crippen molar-refractivity contribution in [2.24, 2.45) is 0 Å². The molecule has 24 heavy (non-hydrogen) atoms. The first-order valence-electron chi connectivity index (χ1n) is 7.85. The summed E-state index contributed by atoms with van der Waals surface area (Å²) in [4.78, 5) is 16.3. The van der Waals surface area contributed by atoms with Crippen molar-refractivity contribution in [3.63, 3.8) is 0 Å². The normalized spacial score (nSPS) is 14.6. The molecule has 0 aromatic heterocycles. The molecule has 0 unspecified atom stereocenters. The summed E-state index contributed by atoms with van der Waals surface area (Å²) in [5.41, 5.74) is 2.75. The molecular formula is C18H19BrFN3O. The molecule has 2 aromatic rings. The van der Waals surface area contributed by atoms with Gasteiger partial charge in [0.15, 0.2) is 0 Å². The number of aryl methyl sites for hydroxylation is 1. The Labute approximate surface area is 149 Å². The van der Waals surface area contributed by atoms with Crippen LogP contribution in [0.3, 0.4) is 0 Å². The van der Waals surface area contributed by atoms with Crippen molar-refractivity contribution in [3.8, 4) is 0 Å². The molecule has 4 nitrogen and oxygen atoms in total. The molecule has 1 aliphatic rings. The molecule has 0 radical (unpaired) electrons. The largest absolute Gasteiger partial charge is 0.368 e. The topological polar surface area (TPSA) is 35.6 Å². The number of amides is 2. The fourth-order valence-corrected chi connectivity index (χ4v) is 3.09. The van der Waals surface area contributed by atoms with Gasteiger partial charge in [0.2, 0.25) is 0 Å². The number of urea groups is 1. The van der Waals surface area contributed by atoms with Crippen LogP contribution in [0.25, 0.3) is 0 Å². The predicted octanol–water partition coefficient (Wildman–Crippen LogP) is 4.25. The summed E-state index contributed by atoms with van der Waals surface area (Å²) in [5.74, 6) is -0.238. The Morgan fingerprint density at radius 2 is 1.88 bits per heavy atom. The molecule has 0 atom stereocenters. The molecule has 2 amide bonds. The number of carbonyl (C=O) groups is 1. The van der Waals surface area contributed by atoms with Gasteiger partial charge in [0, 0.05) is 42.0 Å². The zero-order chi connectivity index (χ0) is 17.1. The Kier molecular flexibility index (Phi) is 5.04. The van der Waals surface area contributed by atoms with Gasteiger partial charge in [-0.2, -0.15) is 0 Å². The second kappa shape index (κ2) is 7.21. The van der Waals surface area contributed by atoms with Gasteiger partial charge in [0.1, 0.15) is 5.82 Å². The van der Waals surface area contributed by atoms with E-state index in [2.05, 4.69) is 26.1 Å². The number of benzene rings is 2. The second-order valence-electron chi connectivity index (χ2n) is 5.85. The summed E-state index contributed by atoms with van der Waals surface area (Å²) in [7, 11) is 0. The molecule has 1 saturated heterocycles. The van der Waals surface area contributed by atoms with Crippen molar-refractivity contribution < 1.29 is 9.18 Å². The molecule has 3 rings (SSSR count). The highest BCUT2D eigenvalue weighted by molar-refractivity contribution is 9.10. The van der Waals surface area contributed by atoms with E-state index in [9.17, 15) is 9.18 Å². The standard InChI is InChI=1S/C18H19BrFN3O/c1-13-5-6-15(12-17(13)19)21-18(24)23-9-7-22(8-10-23)16-4-2-3-14(20)11-16/h2-6,11-12H,7-10H2,1H3,(H,21,24). The van der Waals surface area contributed by atoms with Gasteiger partial charge in [-0.1, -0.05) is 28.1 Å². The van der Waals surface area contributed by atoms with E-state index in [1.54, 1.807) is 11.0 Å². The zero-order valence-corrected chi connectivity index (χ0v) is 15.0. The number of hydrogen-bond acceptors (Lipinski definition) is 2. The summed E-state index contributed by atoms with van der Waals surface area (Å²) in [5, 5.41) is 2.92. The van der Waals surface area contributed by atoms with Gasteiger partial charge < -0.3 is 15.1 Å². The average Bonchev–Trinajstić information content (AvgIpc) is 2.58. The van der Waals surface area contributed by atoms with Crippen LogP contribution in [0.1, 0.15) is 5.56 Å². The third kappa shape index (κ3) is 3.87. The van der Waals surface area contributed by atoms with E-state index in [0.717, 1.165) is 21.4 Å². The highest BCUT2D eigenvalue weighted by Gasteiger charge is 2.21. The maximum atomic E-state index is 13.3. The number of anilines is 2. The summed E-state index contributed by atoms with van der Waals surface area (Å²) >= 11 is 3.47. The molecule has 0 aliphatic carbocycles. The fourth-order valence-electron chi connectivity index (χ4n) is 2.71. The lowest BCUT2D eigenvalue weighted by atomic mass is 10.2. The fraction of sp³-hybridized carbons (Fsp3) is 0.278. The molecular weight excluding hydrogens is 373 g/mol. The minimum atomic E-state index is -0.238. The number of piperazine rings is 1. The first-order valence-corrected chi connectivity index (χ1v) is 8.65. The van der Waals surface area contributed by atoms with E-state index < -0.39 is 0 Å². The van der Waals surface area contributed by atoms with Crippen molar-refractivity contribution in [2.45, 2.75) is 6.92 Å². The van der Waals surface area contributed by atoms with Crippen LogP contribution in [0.15, 0.2) is 46.9 Å². The van der Waals surface area contributed by atoms with E-state index in [0.29, 0.717) is 26.2 Å². The lowest BCUT2D eigenvalue weighted by Gasteiger charge is -2.36. The van der Waals surface area contributed by atoms with Crippen LogP contribution in [0.2, 0.25) is 0 Å². The average molecular weight is 392 g/mol. The van der Waals surface area contributed by atoms with Crippen molar-refractivity contribution >= 4 is 33.3 Å². The zero-order valence-electron chi connectivity index (χ0n) is 13.4. The lowest BCUT2D eigenvalue weighted by Crippen LogP contribution is -2.50. The number of halogens is 2. The van der Waals surface area contributed by atoms with E-state index in [1.807, 2.05) is 31.2 Å². The van der Waals surface area contributed by atoms with Crippen LogP contribution >= 0.6 is 15.9 Å². The van der Waals surface area contributed by atoms with Crippen molar-refractivity contribution in [2.75, 3.05) is 36.4 Å². The maximum Gasteiger partial charge on any atom is 0.321 e. The number of rotatable bonds is 2. The van der Waals surface area contributed by atoms with Gasteiger partial charge in [-0.15, -0.1) is 0 Å². The number of carbonyl (C=O) groups excluding carboxylic acids is 1. The molecule has 1 heterocycles. The molecule has 1 fully saturated rings. The quantitative estimate of drug-likeness (QED) is 0.830. The molecule has 2 aromatic carbocycles. The van der Waals surface area contributed by atoms with Crippen LogP contribution in [0.5, 0.6) is 0 Å². The Bertz CT molecular complexity index is 745. The first-order chi connectivity index (χ1) is 11.5. The number of nitrogens with zero attached hydrogens (tertiary/aromatic N) is 2. The first kappa shape index (κ1) is 16.8. The predicted molar refractivity (Wildman–Crippen MR) is 98.1 cm³/mol. The van der Waals surface area contributed by atoms with Crippen molar-refractivity contribution in [3.05, 3.63) is 58.3 Å². The molecule has 1 aliphatic heterocycles. The second-order valence-corrected chi connectivity index (χ2v) is 6.70. The highest BCUT2D eigenvalue weighted by Crippen LogP contribution is 2.21. The smallest absolute Gasteiger partial charge is 0.321 e. The van der Waals surface area contributed by atoms with Gasteiger partial charge in [-0.3, -0.25) is 0 Å². The summed E-state index contributed by atoms with van der Waals surface area (Å²) < 4.78 is 14.3. The number of hydrogen-bond donors (Lipinski definition) is 1. The Balaban J connectivity index is 1.58. The minimum absolute atomic E-state index is 0.107. The molecule has 126 valence electrons. The van der Waals surface area contributed by atoms with Gasteiger partial charge in [0.25, 0.3) is 0 Å². The van der Waals surface area contributed by atoms with Gasteiger partial charge >= 0.3 is 6.03 Å². The molecule has 0 saturated carbocycles. The van der Waals surface area contributed by atoms with Crippen molar-refractivity contribution in [1.29, 1.82) is 0 Å². The van der Waals surface area contributed by atoms with Crippen molar-refractivity contribution in [1.82, 2.24) is 4.90 Å². The van der Waals surface area contributed by atoms with E-state index in [4.69, 9.17) is 0 Å². The third-order valence-corrected chi connectivity index (χ3v) is 5.02. The Morgan fingerprint density at radius 1 is 1.12 bits per heavy atom. The van der Waals surface area contributed by atoms with Crippen LogP contribution in [0, 0.1) is 12.7 Å². The highest BCUT2D eigenvalue weighted by atomic mass is 79.9. The summed E-state index contributed by atoms with van der Waals surface area (Å²) in [6.45, 7) is 4.59. The van der Waals surface area contributed by atoms with Gasteiger partial charge in [-0.05, 0) is 42.8 Å². The summed E-state index contributed by atoms with van der Waals surface area (Å²) in [6.07, 6.45) is 0. The Hall–Kier alpha value is -2.08. The van der Waals surface area contributed by atoms with E-state index in [-0.39, 0.29) is 11.8 Å². The molecule has 1 N–H and O–H groups in total. The monoisotopic (exact) mass is 391 g/mol. The van der Waals surface area contributed by atoms with E-state index >= 15 is 0 Å². The number of nitrogens with one attached hydrogen (secondary N) is 1. The summed E-state index contributed by atoms with van der Waals surface area (Å²) in [6, 6.07) is 12.2. The minimum Gasteiger partial charge on any atom is -0.368 e. The van der Waals surface area contributed by atoms with Crippen LogP contribution in [-0.4, -0.2) is 37.1 Å². The third-order valence-electron chi connectivity index (χ3n) is 4.16. The van der Waals surface area contributed by atoms with Gasteiger partial charge in [-0.25, -0.2) is 9.18 Å². The molecule has 0 bridgehead atoms. The van der Waals surface area contributed by atoms with Gasteiger partial charge in [0.05, 0.1) is 0 Å². The van der Waals surface area contributed by atoms with Crippen LogP contribution in [0.4, 0.5) is 20.6 Å². The van der Waals surface area contributed by atoms with Crippen LogP contribution < -0.4 is 10.2 Å². The van der Waals surface area contributed by atoms with E-state index in [1.165, 1.54) is 12.1 Å². The maximum absolute atomic E-state index is 13.3. The molecule has 6 heteroatoms. The van der Waals surface area contributed by atoms with Crippen LogP contribution in [-0.2, 0) is 0 Å². The SMILES string of the molecule is Cc1ccc(NC(=O)N2CCN(c3cccc(F)c3)CC2)cc1Br. The Morgan fingerprint density at radius 3 is 2.54 bits per heavy atom. The molecule has 0 spiro atoms.